The Balaban J connectivity index is 1.04. The minimum atomic E-state index is -4.39. The van der Waals surface area contributed by atoms with Gasteiger partial charge in [-0.05, 0) is 50.2 Å². The standard InChI is InChI=1S/C32H33Cl3F3N3O3S/c1-21(20-44-23-18-24(33)30(35)25(34)19-23)31(42)43-16-15-40-13-11-39(12-14-40)9-4-10-41-26-5-2-3-6-28(26)45-29-8-7-22(17-27(29)41)32(36,37)38/h2-3,5-8,17-19,21H,4,9-16,20H2,1H3. The molecule has 3 aromatic rings. The van der Waals surface area contributed by atoms with Gasteiger partial charge in [-0.25, -0.2) is 0 Å². The quantitative estimate of drug-likeness (QED) is 0.147. The lowest BCUT2D eigenvalue weighted by molar-refractivity contribution is -0.149. The van der Waals surface area contributed by atoms with Gasteiger partial charge in [0.15, 0.2) is 0 Å². The largest absolute Gasteiger partial charge is 0.493 e. The van der Waals surface area contributed by atoms with E-state index in [0.717, 1.165) is 60.7 Å². The summed E-state index contributed by atoms with van der Waals surface area (Å²) in [6.07, 6.45) is -3.59. The predicted octanol–water partition coefficient (Wildman–Crippen LogP) is 8.53. The topological polar surface area (TPSA) is 45.3 Å². The first-order valence-corrected chi connectivity index (χ1v) is 16.6. The number of piperazine rings is 1. The van der Waals surface area contributed by atoms with Crippen LogP contribution >= 0.6 is 46.6 Å². The van der Waals surface area contributed by atoms with Crippen LogP contribution < -0.4 is 9.64 Å². The Morgan fingerprint density at radius 3 is 2.22 bits per heavy atom. The lowest BCUT2D eigenvalue weighted by Gasteiger charge is -2.36. The number of carbonyl (C=O) groups excluding carboxylic acids is 1. The third kappa shape index (κ3) is 8.73. The van der Waals surface area contributed by atoms with E-state index in [9.17, 15) is 18.0 Å². The van der Waals surface area contributed by atoms with Crippen LogP contribution in [0.15, 0.2) is 64.4 Å². The monoisotopic (exact) mass is 701 g/mol. The number of benzene rings is 3. The van der Waals surface area contributed by atoms with E-state index in [4.69, 9.17) is 44.3 Å². The molecule has 242 valence electrons. The lowest BCUT2D eigenvalue weighted by Crippen LogP contribution is -2.47. The van der Waals surface area contributed by atoms with E-state index in [0.29, 0.717) is 24.5 Å². The van der Waals surface area contributed by atoms with Gasteiger partial charge in [0.1, 0.15) is 19.0 Å². The molecule has 5 rings (SSSR count). The Morgan fingerprint density at radius 1 is 0.889 bits per heavy atom. The van der Waals surface area contributed by atoms with E-state index in [1.807, 2.05) is 29.2 Å². The van der Waals surface area contributed by atoms with Crippen molar-refractivity contribution in [2.24, 2.45) is 5.92 Å². The number of rotatable bonds is 11. The normalized spacial score (nSPS) is 16.2. The second kappa shape index (κ2) is 15.0. The zero-order chi connectivity index (χ0) is 32.1. The van der Waals surface area contributed by atoms with Gasteiger partial charge < -0.3 is 19.3 Å². The molecule has 1 fully saturated rings. The number of ether oxygens (including phenoxy) is 2. The van der Waals surface area contributed by atoms with Gasteiger partial charge in [0.2, 0.25) is 0 Å². The van der Waals surface area contributed by atoms with E-state index in [2.05, 4.69) is 9.80 Å². The molecule has 2 aliphatic heterocycles. The molecule has 6 nitrogen and oxygen atoms in total. The fraction of sp³-hybridized carbons (Fsp3) is 0.406. The number of esters is 1. The van der Waals surface area contributed by atoms with E-state index >= 15 is 0 Å². The van der Waals surface area contributed by atoms with Crippen molar-refractivity contribution in [1.29, 1.82) is 0 Å². The zero-order valence-corrected chi connectivity index (χ0v) is 27.7. The van der Waals surface area contributed by atoms with Gasteiger partial charge in [-0.15, -0.1) is 0 Å². The SMILES string of the molecule is CC(COc1cc(Cl)c(Cl)c(Cl)c1)C(=O)OCCN1CCN(CCCN2c3ccccc3Sc3ccc(C(F)(F)F)cc32)CC1. The molecule has 0 radical (unpaired) electrons. The molecule has 1 unspecified atom stereocenters. The maximum atomic E-state index is 13.5. The highest BCUT2D eigenvalue weighted by Crippen LogP contribution is 2.49. The highest BCUT2D eigenvalue weighted by molar-refractivity contribution is 7.99. The van der Waals surface area contributed by atoms with E-state index in [1.165, 1.54) is 17.8 Å². The molecule has 2 aliphatic rings. The van der Waals surface area contributed by atoms with Gasteiger partial charge in [0, 0.05) is 61.2 Å². The van der Waals surface area contributed by atoms with Gasteiger partial charge in [-0.3, -0.25) is 9.69 Å². The van der Waals surface area contributed by atoms with Crippen molar-refractivity contribution in [1.82, 2.24) is 9.80 Å². The summed E-state index contributed by atoms with van der Waals surface area (Å²) in [5.41, 5.74) is 0.908. The summed E-state index contributed by atoms with van der Waals surface area (Å²) < 4.78 is 51.6. The number of hydrogen-bond donors (Lipinski definition) is 0. The summed E-state index contributed by atoms with van der Waals surface area (Å²) in [5, 5.41) is 0.796. The molecule has 0 saturated carbocycles. The number of fused-ring (bicyclic) bond motifs is 2. The second-order valence-corrected chi connectivity index (χ2v) is 13.3. The number of hydrogen-bond acceptors (Lipinski definition) is 7. The first-order valence-electron chi connectivity index (χ1n) is 14.6. The van der Waals surface area contributed by atoms with Crippen molar-refractivity contribution in [3.63, 3.8) is 0 Å². The molecule has 0 bridgehead atoms. The number of alkyl halides is 3. The number of nitrogens with zero attached hydrogens (tertiary/aromatic N) is 3. The number of anilines is 2. The van der Waals surface area contributed by atoms with Crippen molar-refractivity contribution >= 4 is 63.9 Å². The van der Waals surface area contributed by atoms with Crippen LogP contribution in [-0.4, -0.2) is 74.8 Å². The summed E-state index contributed by atoms with van der Waals surface area (Å²) in [5.74, 6) is -0.402. The number of halogens is 6. The molecule has 45 heavy (non-hydrogen) atoms. The smallest absolute Gasteiger partial charge is 0.416 e. The van der Waals surface area contributed by atoms with Crippen molar-refractivity contribution in [3.05, 3.63) is 75.2 Å². The lowest BCUT2D eigenvalue weighted by atomic mass is 10.1. The first kappa shape index (κ1) is 34.0. The fourth-order valence-electron chi connectivity index (χ4n) is 5.26. The van der Waals surface area contributed by atoms with Crippen molar-refractivity contribution in [3.8, 4) is 5.75 Å². The average molecular weight is 703 g/mol. The predicted molar refractivity (Wildman–Crippen MR) is 174 cm³/mol. The van der Waals surface area contributed by atoms with Crippen molar-refractivity contribution < 1.29 is 27.4 Å². The van der Waals surface area contributed by atoms with E-state index in [-0.39, 0.29) is 34.3 Å². The fourth-order valence-corrected chi connectivity index (χ4v) is 6.91. The van der Waals surface area contributed by atoms with Gasteiger partial charge in [0.05, 0.1) is 37.9 Å². The molecule has 0 aromatic heterocycles. The molecule has 3 aromatic carbocycles. The van der Waals surface area contributed by atoms with Gasteiger partial charge in [-0.2, -0.15) is 13.2 Å². The van der Waals surface area contributed by atoms with Gasteiger partial charge >= 0.3 is 12.1 Å². The maximum absolute atomic E-state index is 13.5. The Bertz CT molecular complexity index is 1480. The van der Waals surface area contributed by atoms with Crippen LogP contribution in [0.1, 0.15) is 18.9 Å². The number of carbonyl (C=O) groups is 1. The summed E-state index contributed by atoms with van der Waals surface area (Å²) in [6.45, 7) is 7.63. The number of para-hydroxylation sites is 1. The van der Waals surface area contributed by atoms with Crippen LogP contribution in [0.2, 0.25) is 15.1 Å². The van der Waals surface area contributed by atoms with Gasteiger partial charge in [-0.1, -0.05) is 58.7 Å². The second-order valence-electron chi connectivity index (χ2n) is 11.0. The van der Waals surface area contributed by atoms with Crippen LogP contribution in [0.3, 0.4) is 0 Å². The molecule has 0 amide bonds. The van der Waals surface area contributed by atoms with Crippen LogP contribution in [0.5, 0.6) is 5.75 Å². The maximum Gasteiger partial charge on any atom is 0.416 e. The Labute approximate surface area is 280 Å². The molecule has 2 heterocycles. The molecule has 1 atom stereocenters. The molecule has 13 heteroatoms. The summed E-state index contributed by atoms with van der Waals surface area (Å²) >= 11 is 19.5. The van der Waals surface area contributed by atoms with Gasteiger partial charge in [0.25, 0.3) is 0 Å². The summed E-state index contributed by atoms with van der Waals surface area (Å²) in [4.78, 5) is 21.0. The van der Waals surface area contributed by atoms with E-state index < -0.39 is 17.7 Å². The molecule has 1 saturated heterocycles. The van der Waals surface area contributed by atoms with Crippen LogP contribution in [-0.2, 0) is 15.7 Å². The zero-order valence-electron chi connectivity index (χ0n) is 24.6. The first-order chi connectivity index (χ1) is 21.5. The Hall–Kier alpha value is -2.34. The van der Waals surface area contributed by atoms with E-state index in [1.54, 1.807) is 25.1 Å². The highest BCUT2D eigenvalue weighted by Gasteiger charge is 2.33. The Morgan fingerprint density at radius 2 is 1.53 bits per heavy atom. The minimum Gasteiger partial charge on any atom is -0.493 e. The average Bonchev–Trinajstić information content (AvgIpc) is 3.02. The van der Waals surface area contributed by atoms with Crippen LogP contribution in [0, 0.1) is 5.92 Å². The molecule has 0 aliphatic carbocycles. The van der Waals surface area contributed by atoms with Crippen LogP contribution in [0.25, 0.3) is 0 Å². The third-order valence-corrected chi connectivity index (χ3v) is 10.1. The van der Waals surface area contributed by atoms with Crippen molar-refractivity contribution in [2.45, 2.75) is 29.3 Å². The highest BCUT2D eigenvalue weighted by atomic mass is 35.5. The molecule has 0 spiro atoms. The molecular weight excluding hydrogens is 670 g/mol. The molecule has 0 N–H and O–H groups in total. The third-order valence-electron chi connectivity index (χ3n) is 7.79. The molecular formula is C32H33Cl3F3N3O3S. The summed E-state index contributed by atoms with van der Waals surface area (Å²) in [7, 11) is 0. The van der Waals surface area contributed by atoms with Crippen molar-refractivity contribution in [2.75, 3.05) is 63.9 Å². The minimum absolute atomic E-state index is 0.114. The Kier molecular flexibility index (Phi) is 11.4. The summed E-state index contributed by atoms with van der Waals surface area (Å²) in [6, 6.07) is 14.9. The van der Waals surface area contributed by atoms with Crippen LogP contribution in [0.4, 0.5) is 24.5 Å².